The first-order chi connectivity index (χ1) is 8.23. The summed E-state index contributed by atoms with van der Waals surface area (Å²) in [7, 11) is 0. The van der Waals surface area contributed by atoms with Gasteiger partial charge in [0.05, 0.1) is 12.1 Å². The predicted molar refractivity (Wildman–Crippen MR) is 53.5 cm³/mol. The van der Waals surface area contributed by atoms with E-state index >= 15 is 0 Å². The number of carboxylic acids is 1. The van der Waals surface area contributed by atoms with Gasteiger partial charge in [0.2, 0.25) is 0 Å². The predicted octanol–water partition coefficient (Wildman–Crippen LogP) is 2.05. The standard InChI is InChI=1S/C9H7ClF3NO4/c10-3-4-1-6(15)8(18-9(11,12)13)14-5(4)2-7(16)17/h1,15H,2-3H2,(H,16,17). The maximum absolute atomic E-state index is 12.0. The molecule has 0 aliphatic heterocycles. The second-order valence-electron chi connectivity index (χ2n) is 3.17. The zero-order chi connectivity index (χ0) is 13.9. The minimum Gasteiger partial charge on any atom is -0.503 e. The molecule has 9 heteroatoms. The van der Waals surface area contributed by atoms with Crippen LogP contribution in [0.5, 0.6) is 11.6 Å². The molecule has 100 valence electrons. The second-order valence-corrected chi connectivity index (χ2v) is 3.44. The fourth-order valence-corrected chi connectivity index (χ4v) is 1.39. The van der Waals surface area contributed by atoms with Crippen LogP contribution in [0.15, 0.2) is 6.07 Å². The van der Waals surface area contributed by atoms with Crippen LogP contribution in [0.2, 0.25) is 0 Å². The maximum Gasteiger partial charge on any atom is 0.574 e. The molecule has 0 aliphatic carbocycles. The Kier molecular flexibility index (Phi) is 4.23. The van der Waals surface area contributed by atoms with Gasteiger partial charge in [-0.25, -0.2) is 4.98 Å². The lowest BCUT2D eigenvalue weighted by atomic mass is 10.1. The minimum atomic E-state index is -5.03. The van der Waals surface area contributed by atoms with Crippen molar-refractivity contribution in [2.45, 2.75) is 18.7 Å². The Hall–Kier alpha value is -1.70. The molecule has 0 aromatic carbocycles. The molecule has 1 rings (SSSR count). The number of nitrogens with zero attached hydrogens (tertiary/aromatic N) is 1. The van der Waals surface area contributed by atoms with Crippen molar-refractivity contribution in [2.75, 3.05) is 0 Å². The monoisotopic (exact) mass is 285 g/mol. The van der Waals surface area contributed by atoms with Crippen LogP contribution in [0.4, 0.5) is 13.2 Å². The first-order valence-corrected chi connectivity index (χ1v) is 5.01. The van der Waals surface area contributed by atoms with Crippen molar-refractivity contribution in [1.29, 1.82) is 0 Å². The Bertz CT molecular complexity index is 464. The van der Waals surface area contributed by atoms with Crippen molar-refractivity contribution in [1.82, 2.24) is 4.98 Å². The van der Waals surface area contributed by atoms with E-state index in [4.69, 9.17) is 16.7 Å². The Balaban J connectivity index is 3.16. The van der Waals surface area contributed by atoms with E-state index < -0.39 is 30.4 Å². The second kappa shape index (κ2) is 5.30. The van der Waals surface area contributed by atoms with Crippen molar-refractivity contribution in [3.63, 3.8) is 0 Å². The summed E-state index contributed by atoms with van der Waals surface area (Å²) < 4.78 is 39.4. The van der Waals surface area contributed by atoms with Gasteiger partial charge in [-0.3, -0.25) is 4.79 Å². The lowest BCUT2D eigenvalue weighted by molar-refractivity contribution is -0.276. The first-order valence-electron chi connectivity index (χ1n) is 4.48. The number of pyridine rings is 1. The van der Waals surface area contributed by atoms with E-state index in [0.29, 0.717) is 0 Å². The number of halogens is 4. The average molecular weight is 286 g/mol. The lowest BCUT2D eigenvalue weighted by Gasteiger charge is -2.12. The van der Waals surface area contributed by atoms with Gasteiger partial charge < -0.3 is 14.9 Å². The molecule has 0 spiro atoms. The fourth-order valence-electron chi connectivity index (χ4n) is 1.16. The molecule has 18 heavy (non-hydrogen) atoms. The van der Waals surface area contributed by atoms with E-state index in [0.717, 1.165) is 6.07 Å². The highest BCUT2D eigenvalue weighted by Gasteiger charge is 2.33. The molecular formula is C9H7ClF3NO4. The largest absolute Gasteiger partial charge is 0.574 e. The van der Waals surface area contributed by atoms with Gasteiger partial charge in [0.1, 0.15) is 0 Å². The molecule has 1 aromatic heterocycles. The molecule has 0 saturated carbocycles. The average Bonchev–Trinajstić information content (AvgIpc) is 2.19. The number of alkyl halides is 4. The number of ether oxygens (including phenoxy) is 1. The summed E-state index contributed by atoms with van der Waals surface area (Å²) in [5.41, 5.74) is -0.0827. The molecule has 0 radical (unpaired) electrons. The van der Waals surface area contributed by atoms with Crippen LogP contribution >= 0.6 is 11.6 Å². The summed E-state index contributed by atoms with van der Waals surface area (Å²) in [5.74, 6) is -3.46. The van der Waals surface area contributed by atoms with Crippen LogP contribution in [0.1, 0.15) is 11.3 Å². The number of aromatic nitrogens is 1. The number of hydrogen-bond donors (Lipinski definition) is 2. The van der Waals surface area contributed by atoms with E-state index in [1.807, 2.05) is 0 Å². The molecule has 0 aliphatic rings. The molecular weight excluding hydrogens is 279 g/mol. The van der Waals surface area contributed by atoms with Crippen molar-refractivity contribution < 1.29 is 32.9 Å². The van der Waals surface area contributed by atoms with Gasteiger partial charge >= 0.3 is 12.3 Å². The summed E-state index contributed by atoms with van der Waals surface area (Å²) in [5, 5.41) is 17.8. The van der Waals surface area contributed by atoms with E-state index in [-0.39, 0.29) is 17.1 Å². The van der Waals surface area contributed by atoms with Crippen molar-refractivity contribution in [2.24, 2.45) is 0 Å². The van der Waals surface area contributed by atoms with Gasteiger partial charge in [0, 0.05) is 5.88 Å². The number of hydrogen-bond acceptors (Lipinski definition) is 4. The van der Waals surface area contributed by atoms with Crippen LogP contribution < -0.4 is 4.74 Å². The molecule has 0 fully saturated rings. The summed E-state index contributed by atoms with van der Waals surface area (Å²) in [6.07, 6.45) is -5.66. The third kappa shape index (κ3) is 3.95. The van der Waals surface area contributed by atoms with E-state index in [9.17, 15) is 23.1 Å². The Labute approximate surface area is 104 Å². The van der Waals surface area contributed by atoms with Gasteiger partial charge in [-0.2, -0.15) is 0 Å². The fraction of sp³-hybridized carbons (Fsp3) is 0.333. The molecule has 1 aromatic rings. The van der Waals surface area contributed by atoms with Crippen LogP contribution in [-0.4, -0.2) is 27.5 Å². The topological polar surface area (TPSA) is 79.7 Å². The molecule has 0 amide bonds. The number of carboxylic acid groups (broad SMARTS) is 1. The van der Waals surface area contributed by atoms with Crippen molar-refractivity contribution in [3.05, 3.63) is 17.3 Å². The van der Waals surface area contributed by atoms with Gasteiger partial charge in [0.15, 0.2) is 5.75 Å². The number of rotatable bonds is 4. The highest BCUT2D eigenvalue weighted by atomic mass is 35.5. The van der Waals surface area contributed by atoms with Crippen molar-refractivity contribution in [3.8, 4) is 11.6 Å². The van der Waals surface area contributed by atoms with Crippen LogP contribution in [0.3, 0.4) is 0 Å². The molecule has 5 nitrogen and oxygen atoms in total. The smallest absolute Gasteiger partial charge is 0.503 e. The highest BCUT2D eigenvalue weighted by Crippen LogP contribution is 2.31. The van der Waals surface area contributed by atoms with E-state index in [1.54, 1.807) is 0 Å². The van der Waals surface area contributed by atoms with Gasteiger partial charge in [-0.05, 0) is 11.6 Å². The molecule has 2 N–H and O–H groups in total. The summed E-state index contributed by atoms with van der Waals surface area (Å²) in [6.45, 7) is 0. The number of aliphatic carboxylic acids is 1. The number of carbonyl (C=O) groups is 1. The van der Waals surface area contributed by atoms with Gasteiger partial charge in [0.25, 0.3) is 5.88 Å². The number of aromatic hydroxyl groups is 1. The van der Waals surface area contributed by atoms with E-state index in [2.05, 4.69) is 9.72 Å². The lowest BCUT2D eigenvalue weighted by Crippen LogP contribution is -2.19. The summed E-state index contributed by atoms with van der Waals surface area (Å²) in [4.78, 5) is 13.8. The Morgan fingerprint density at radius 3 is 2.56 bits per heavy atom. The molecule has 0 atom stereocenters. The third-order valence-electron chi connectivity index (χ3n) is 1.81. The van der Waals surface area contributed by atoms with Gasteiger partial charge in [-0.1, -0.05) is 0 Å². The first kappa shape index (κ1) is 14.4. The van der Waals surface area contributed by atoms with Crippen molar-refractivity contribution >= 4 is 17.6 Å². The molecule has 0 bridgehead atoms. The van der Waals surface area contributed by atoms with Crippen LogP contribution in [-0.2, 0) is 17.1 Å². The van der Waals surface area contributed by atoms with E-state index in [1.165, 1.54) is 0 Å². The van der Waals surface area contributed by atoms with Gasteiger partial charge in [-0.15, -0.1) is 24.8 Å². The zero-order valence-electron chi connectivity index (χ0n) is 8.66. The zero-order valence-corrected chi connectivity index (χ0v) is 9.42. The SMILES string of the molecule is O=C(O)Cc1nc(OC(F)(F)F)c(O)cc1CCl. The highest BCUT2D eigenvalue weighted by molar-refractivity contribution is 6.17. The quantitative estimate of drug-likeness (QED) is 0.828. The maximum atomic E-state index is 12.0. The Morgan fingerprint density at radius 1 is 1.50 bits per heavy atom. The summed E-state index contributed by atoms with van der Waals surface area (Å²) >= 11 is 5.47. The Morgan fingerprint density at radius 2 is 2.11 bits per heavy atom. The molecule has 0 unspecified atom stereocenters. The molecule has 0 saturated heterocycles. The molecule has 1 heterocycles. The van der Waals surface area contributed by atoms with Crippen LogP contribution in [0, 0.1) is 0 Å². The normalized spacial score (nSPS) is 11.3. The van der Waals surface area contributed by atoms with Crippen LogP contribution in [0.25, 0.3) is 0 Å². The third-order valence-corrected chi connectivity index (χ3v) is 2.10. The summed E-state index contributed by atoms with van der Waals surface area (Å²) in [6, 6.07) is 0.888. The minimum absolute atomic E-state index is 0.117.